The van der Waals surface area contributed by atoms with Crippen LogP contribution in [0.2, 0.25) is 0 Å². The second kappa shape index (κ2) is 7.43. The quantitative estimate of drug-likeness (QED) is 0.486. The predicted octanol–water partition coefficient (Wildman–Crippen LogP) is 3.18. The fourth-order valence-corrected chi connectivity index (χ4v) is 3.66. The Bertz CT molecular complexity index is 1100. The van der Waals surface area contributed by atoms with E-state index >= 15 is 0 Å². The van der Waals surface area contributed by atoms with Gasteiger partial charge in [-0.25, -0.2) is 4.79 Å². The molecule has 0 aliphatic carbocycles. The number of aromatic amines is 1. The molecule has 1 fully saturated rings. The lowest BCUT2D eigenvalue weighted by Crippen LogP contribution is -2.40. The Morgan fingerprint density at radius 3 is 2.72 bits per heavy atom. The molecule has 0 spiro atoms. The first-order valence-electron chi connectivity index (χ1n) is 9.55. The van der Waals surface area contributed by atoms with Gasteiger partial charge in [-0.1, -0.05) is 30.3 Å². The molecule has 1 atom stereocenters. The van der Waals surface area contributed by atoms with Crippen LogP contribution in [0.3, 0.4) is 0 Å². The van der Waals surface area contributed by atoms with Gasteiger partial charge in [0.25, 0.3) is 5.91 Å². The highest BCUT2D eigenvalue weighted by atomic mass is 16.2. The number of imide groups is 1. The molecule has 4 amide bonds. The summed E-state index contributed by atoms with van der Waals surface area (Å²) >= 11 is 0. The van der Waals surface area contributed by atoms with E-state index in [1.807, 2.05) is 24.4 Å². The highest BCUT2D eigenvalue weighted by Gasteiger charge is 2.43. The number of hydrogen-bond acceptors (Lipinski definition) is 3. The fraction of sp³-hybridized carbons (Fsp3) is 0.227. The second-order valence-electron chi connectivity index (χ2n) is 7.38. The number of fused-ring (bicyclic) bond motifs is 1. The molecule has 29 heavy (non-hydrogen) atoms. The van der Waals surface area contributed by atoms with Gasteiger partial charge in [-0.15, -0.1) is 0 Å². The number of hydrogen-bond donors (Lipinski definition) is 4. The van der Waals surface area contributed by atoms with E-state index in [0.717, 1.165) is 18.4 Å². The Labute approximate surface area is 167 Å². The van der Waals surface area contributed by atoms with Crippen LogP contribution in [-0.2, 0) is 21.5 Å². The Kier molecular flexibility index (Phi) is 4.80. The summed E-state index contributed by atoms with van der Waals surface area (Å²) in [6, 6.07) is 14.6. The van der Waals surface area contributed by atoms with Crippen LogP contribution in [0, 0.1) is 0 Å². The third kappa shape index (κ3) is 3.71. The van der Waals surface area contributed by atoms with Crippen molar-refractivity contribution in [2.45, 2.75) is 31.7 Å². The molecule has 2 heterocycles. The summed E-state index contributed by atoms with van der Waals surface area (Å²) < 4.78 is 0. The second-order valence-corrected chi connectivity index (χ2v) is 7.38. The number of H-pyrrole nitrogens is 1. The van der Waals surface area contributed by atoms with Gasteiger partial charge in [0.15, 0.2) is 0 Å². The van der Waals surface area contributed by atoms with Gasteiger partial charge >= 0.3 is 6.03 Å². The number of benzene rings is 2. The first-order valence-corrected chi connectivity index (χ1v) is 9.55. The number of carbonyl (C=O) groups is 3. The van der Waals surface area contributed by atoms with Crippen LogP contribution >= 0.6 is 0 Å². The van der Waals surface area contributed by atoms with Crippen LogP contribution in [0.5, 0.6) is 0 Å². The lowest BCUT2D eigenvalue weighted by Gasteiger charge is -2.21. The summed E-state index contributed by atoms with van der Waals surface area (Å²) in [7, 11) is 0. The smallest absolute Gasteiger partial charge is 0.322 e. The van der Waals surface area contributed by atoms with E-state index in [9.17, 15) is 14.4 Å². The number of para-hydroxylation sites is 1. The minimum Gasteiger partial charge on any atom is -0.361 e. The molecule has 4 rings (SSSR count). The van der Waals surface area contributed by atoms with E-state index in [2.05, 4.69) is 27.0 Å². The lowest BCUT2D eigenvalue weighted by atomic mass is 9.92. The average molecular weight is 390 g/mol. The molecule has 1 aliphatic rings. The Balaban J connectivity index is 1.36. The molecular weight excluding hydrogens is 368 g/mol. The van der Waals surface area contributed by atoms with Gasteiger partial charge in [-0.05, 0) is 49.1 Å². The van der Waals surface area contributed by atoms with Crippen molar-refractivity contribution in [2.24, 2.45) is 0 Å². The van der Waals surface area contributed by atoms with Gasteiger partial charge in [0, 0.05) is 29.2 Å². The van der Waals surface area contributed by atoms with Crippen molar-refractivity contribution in [1.82, 2.24) is 15.6 Å². The summed E-state index contributed by atoms with van der Waals surface area (Å²) in [6.45, 7) is 1.63. The average Bonchev–Trinajstić information content (AvgIpc) is 3.22. The Hall–Kier alpha value is -3.61. The molecule has 0 radical (unpaired) electrons. The highest BCUT2D eigenvalue weighted by molar-refractivity contribution is 6.07. The van der Waals surface area contributed by atoms with Crippen LogP contribution in [0.15, 0.2) is 54.7 Å². The first-order chi connectivity index (χ1) is 14.0. The van der Waals surface area contributed by atoms with Crippen LogP contribution in [0.1, 0.15) is 30.9 Å². The summed E-state index contributed by atoms with van der Waals surface area (Å²) in [4.78, 5) is 39.2. The normalized spacial score (nSPS) is 18.5. The van der Waals surface area contributed by atoms with Crippen LogP contribution in [-0.4, -0.2) is 22.8 Å². The molecule has 1 aliphatic heterocycles. The number of rotatable bonds is 6. The van der Waals surface area contributed by atoms with Gasteiger partial charge in [0.05, 0.1) is 0 Å². The number of aromatic nitrogens is 1. The van der Waals surface area contributed by atoms with Crippen molar-refractivity contribution in [2.75, 3.05) is 5.32 Å². The third-order valence-corrected chi connectivity index (χ3v) is 5.29. The molecule has 4 N–H and O–H groups in total. The number of aryl methyl sites for hydroxylation is 1. The maximum absolute atomic E-state index is 12.4. The molecule has 3 aromatic rings. The number of nitrogens with one attached hydrogen (secondary N) is 4. The number of anilines is 1. The van der Waals surface area contributed by atoms with E-state index in [4.69, 9.17) is 0 Å². The topological polar surface area (TPSA) is 103 Å². The van der Waals surface area contributed by atoms with Crippen LogP contribution < -0.4 is 16.0 Å². The fourth-order valence-electron chi connectivity index (χ4n) is 3.66. The van der Waals surface area contributed by atoms with E-state index in [1.54, 1.807) is 31.2 Å². The molecule has 148 valence electrons. The minimum absolute atomic E-state index is 0.0907. The first kappa shape index (κ1) is 18.7. The summed E-state index contributed by atoms with van der Waals surface area (Å²) in [5.74, 6) is -0.503. The van der Waals surface area contributed by atoms with Gasteiger partial charge in [0.2, 0.25) is 5.91 Å². The Morgan fingerprint density at radius 1 is 1.10 bits per heavy atom. The maximum atomic E-state index is 12.4. The summed E-state index contributed by atoms with van der Waals surface area (Å²) in [5, 5.41) is 8.93. The SMILES string of the molecule is CC1(c2cccc(NC(=O)CCCc3c[nH]c4ccccc34)c2)NC(=O)NC1=O. The Morgan fingerprint density at radius 2 is 1.93 bits per heavy atom. The number of amides is 4. The lowest BCUT2D eigenvalue weighted by molar-refractivity contribution is -0.123. The van der Waals surface area contributed by atoms with Crippen molar-refractivity contribution in [3.8, 4) is 0 Å². The summed E-state index contributed by atoms with van der Waals surface area (Å²) in [5.41, 5.74) is 2.35. The predicted molar refractivity (Wildman–Crippen MR) is 110 cm³/mol. The minimum atomic E-state index is -1.15. The summed E-state index contributed by atoms with van der Waals surface area (Å²) in [6.07, 6.45) is 3.91. The molecule has 7 heteroatoms. The van der Waals surface area contributed by atoms with E-state index in [0.29, 0.717) is 17.7 Å². The molecule has 2 aromatic carbocycles. The van der Waals surface area contributed by atoms with Crippen molar-refractivity contribution in [3.63, 3.8) is 0 Å². The molecule has 7 nitrogen and oxygen atoms in total. The van der Waals surface area contributed by atoms with E-state index in [1.165, 1.54) is 10.9 Å². The van der Waals surface area contributed by atoms with Crippen molar-refractivity contribution >= 4 is 34.4 Å². The number of carbonyl (C=O) groups excluding carboxylic acids is 3. The van der Waals surface area contributed by atoms with Crippen LogP contribution in [0.25, 0.3) is 10.9 Å². The highest BCUT2D eigenvalue weighted by Crippen LogP contribution is 2.26. The van der Waals surface area contributed by atoms with Gasteiger partial charge < -0.3 is 15.6 Å². The molecular formula is C22H22N4O3. The standard InChI is InChI=1S/C22H22N4O3/c1-22(20(28)25-21(29)26-22)15-7-5-8-16(12-15)24-19(27)11-4-6-14-13-23-18-10-3-2-9-17(14)18/h2-3,5,7-10,12-13,23H,4,6,11H2,1H3,(H,24,27)(H2,25,26,28,29). The monoisotopic (exact) mass is 390 g/mol. The van der Waals surface area contributed by atoms with Gasteiger partial charge in [0.1, 0.15) is 5.54 Å². The molecule has 0 saturated carbocycles. The zero-order valence-corrected chi connectivity index (χ0v) is 16.0. The maximum Gasteiger partial charge on any atom is 0.322 e. The molecule has 1 aromatic heterocycles. The van der Waals surface area contributed by atoms with Crippen molar-refractivity contribution < 1.29 is 14.4 Å². The molecule has 1 saturated heterocycles. The van der Waals surface area contributed by atoms with E-state index in [-0.39, 0.29) is 5.91 Å². The van der Waals surface area contributed by atoms with Crippen molar-refractivity contribution in [1.29, 1.82) is 0 Å². The van der Waals surface area contributed by atoms with E-state index < -0.39 is 17.5 Å². The third-order valence-electron chi connectivity index (χ3n) is 5.29. The molecule has 0 bridgehead atoms. The van der Waals surface area contributed by atoms with Crippen molar-refractivity contribution in [3.05, 3.63) is 65.9 Å². The molecule has 1 unspecified atom stereocenters. The van der Waals surface area contributed by atoms with Gasteiger partial charge in [-0.3, -0.25) is 14.9 Å². The number of urea groups is 1. The zero-order chi connectivity index (χ0) is 20.4. The largest absolute Gasteiger partial charge is 0.361 e. The van der Waals surface area contributed by atoms with Crippen LogP contribution in [0.4, 0.5) is 10.5 Å². The zero-order valence-electron chi connectivity index (χ0n) is 16.0. The van der Waals surface area contributed by atoms with Gasteiger partial charge in [-0.2, -0.15) is 0 Å².